The topological polar surface area (TPSA) is 258 Å². The molecule has 0 aliphatic carbocycles. The molecule has 98 heavy (non-hydrogen) atoms. The van der Waals surface area contributed by atoms with Gasteiger partial charge < -0.3 is 30.7 Å². The lowest BCUT2D eigenvalue weighted by Gasteiger charge is -2.29. The van der Waals surface area contributed by atoms with Gasteiger partial charge in [-0.15, -0.1) is 0 Å². The average Bonchev–Trinajstić information content (AvgIpc) is 1.73. The fourth-order valence-electron chi connectivity index (χ4n) is 11.6. The molecular weight excluding hydrogens is 1300 g/mol. The Morgan fingerprint density at radius 3 is 0.959 bits per heavy atom. The monoisotopic (exact) mass is 1370 g/mol. The molecule has 0 atom stereocenters. The molecule has 0 unspecified atom stereocenters. The minimum absolute atomic E-state index is 0.0863. The molecule has 21 heteroatoms. The molecule has 3 amide bonds. The summed E-state index contributed by atoms with van der Waals surface area (Å²) < 4.78 is 0. The molecule has 6 aromatic carbocycles. The van der Waals surface area contributed by atoms with Gasteiger partial charge in [0, 0.05) is 127 Å². The maximum atomic E-state index is 13.0. The molecule has 9 aromatic rings. The normalized spacial score (nSPS) is 13.2. The molecule has 3 saturated heterocycles. The van der Waals surface area contributed by atoms with Crippen molar-refractivity contribution in [2.24, 2.45) is 0 Å². The number of hydrogen-bond donors (Lipinski definition) is 6. The van der Waals surface area contributed by atoms with E-state index in [1.807, 2.05) is 61.5 Å². The van der Waals surface area contributed by atoms with Crippen LogP contribution >= 0.6 is 34.8 Å². The van der Waals surface area contributed by atoms with Crippen molar-refractivity contribution in [3.63, 3.8) is 0 Å². The van der Waals surface area contributed by atoms with Gasteiger partial charge in [0.15, 0.2) is 17.3 Å². The Morgan fingerprint density at radius 2 is 0.643 bits per heavy atom. The molecule has 498 valence electrons. The number of Topliss-reactive ketones (excluding diaryl/α,β-unsaturated/α-hetero) is 3. The SMILES string of the molecule is Cc1ccc(CC(=O)c2ccc(C(=N)N3CCCC3)cc2)c(C(=O)Nc2ccc(Cl)cn2)c1.N=C(c1ccc(C(=O)Cc2ccccc2C(=O)Nc2ccc(Cl)cn2)cc1)N1CCCC1.N=C(c1ccc(C(=O)Cc2ccccc2C(=O)Nc2ccc(Cl)cn2)cc1)N1CCCCC1. The second-order valence-electron chi connectivity index (χ2n) is 23.9. The van der Waals surface area contributed by atoms with E-state index < -0.39 is 0 Å². The molecule has 18 nitrogen and oxygen atoms in total. The predicted molar refractivity (Wildman–Crippen MR) is 387 cm³/mol. The van der Waals surface area contributed by atoms with Crippen LogP contribution in [-0.4, -0.2) is 121 Å². The van der Waals surface area contributed by atoms with Crippen molar-refractivity contribution in [2.45, 2.75) is 71.1 Å². The summed E-state index contributed by atoms with van der Waals surface area (Å²) in [5, 5.41) is 34.9. The van der Waals surface area contributed by atoms with Gasteiger partial charge in [0.2, 0.25) is 0 Å². The lowest BCUT2D eigenvalue weighted by atomic mass is 9.96. The first-order chi connectivity index (χ1) is 47.4. The van der Waals surface area contributed by atoms with E-state index >= 15 is 0 Å². The van der Waals surface area contributed by atoms with Gasteiger partial charge in [-0.2, -0.15) is 0 Å². The zero-order valence-electron chi connectivity index (χ0n) is 54.1. The molecule has 0 saturated carbocycles. The molecule has 12 rings (SSSR count). The summed E-state index contributed by atoms with van der Waals surface area (Å²) in [6.45, 7) is 7.34. The number of piperidine rings is 1. The van der Waals surface area contributed by atoms with Crippen LogP contribution in [0.3, 0.4) is 0 Å². The Bertz CT molecular complexity index is 4360. The fourth-order valence-corrected chi connectivity index (χ4v) is 11.9. The summed E-state index contributed by atoms with van der Waals surface area (Å²) in [4.78, 5) is 95.8. The summed E-state index contributed by atoms with van der Waals surface area (Å²) >= 11 is 17.5. The van der Waals surface area contributed by atoms with Gasteiger partial charge in [-0.05, 0) is 123 Å². The van der Waals surface area contributed by atoms with Crippen LogP contribution in [0.5, 0.6) is 0 Å². The van der Waals surface area contributed by atoms with Crippen LogP contribution in [0, 0.1) is 23.2 Å². The van der Waals surface area contributed by atoms with Crippen LogP contribution in [0.4, 0.5) is 17.5 Å². The van der Waals surface area contributed by atoms with E-state index in [0.29, 0.717) is 100 Å². The average molecular weight is 1370 g/mol. The molecule has 6 heterocycles. The van der Waals surface area contributed by atoms with E-state index in [2.05, 4.69) is 45.6 Å². The summed E-state index contributed by atoms with van der Waals surface area (Å²) in [6, 6.07) is 50.8. The first-order valence-corrected chi connectivity index (χ1v) is 33.5. The Labute approximate surface area is 584 Å². The van der Waals surface area contributed by atoms with Crippen LogP contribution in [0.2, 0.25) is 15.1 Å². The third kappa shape index (κ3) is 19.1. The molecule has 0 radical (unpaired) electrons. The molecule has 0 bridgehead atoms. The highest BCUT2D eigenvalue weighted by Gasteiger charge is 2.23. The summed E-state index contributed by atoms with van der Waals surface area (Å²) in [6.07, 6.45) is 12.6. The zero-order chi connectivity index (χ0) is 69.1. The van der Waals surface area contributed by atoms with E-state index in [1.165, 1.54) is 25.0 Å². The smallest absolute Gasteiger partial charge is 0.257 e. The van der Waals surface area contributed by atoms with Gasteiger partial charge in [0.05, 0.1) is 15.1 Å². The number of carbonyl (C=O) groups is 6. The van der Waals surface area contributed by atoms with E-state index in [0.717, 1.165) is 100 Å². The number of hydrogen-bond acceptors (Lipinski definition) is 12. The van der Waals surface area contributed by atoms with Gasteiger partial charge in [0.25, 0.3) is 17.7 Å². The highest BCUT2D eigenvalue weighted by Crippen LogP contribution is 2.24. The molecule has 0 spiro atoms. The fraction of sp³-hybridized carbons (Fsp3) is 0.221. The number of benzene rings is 6. The number of aromatic nitrogens is 3. The lowest BCUT2D eigenvalue weighted by Crippen LogP contribution is -2.35. The van der Waals surface area contributed by atoms with Crippen molar-refractivity contribution in [3.05, 3.63) is 282 Å². The number of halogens is 3. The Hall–Kier alpha value is -10.5. The van der Waals surface area contributed by atoms with Crippen molar-refractivity contribution in [1.29, 1.82) is 16.2 Å². The lowest BCUT2D eigenvalue weighted by molar-refractivity contribution is 0.0980. The molecular formula is C77H73Cl3N12O6. The van der Waals surface area contributed by atoms with Crippen LogP contribution < -0.4 is 16.0 Å². The highest BCUT2D eigenvalue weighted by molar-refractivity contribution is 6.31. The van der Waals surface area contributed by atoms with Crippen LogP contribution in [-0.2, 0) is 19.3 Å². The number of pyridine rings is 3. The molecule has 3 aliphatic heterocycles. The van der Waals surface area contributed by atoms with Crippen molar-refractivity contribution < 1.29 is 28.8 Å². The standard InChI is InChI=1S/2C26H25ClN4O2.C25H23ClN4O2/c1-17-4-5-20(22(14-17)26(33)30-24-11-10-21(27)16-29-24)15-23(32)18-6-8-19(9-7-18)25(28)31-12-2-3-13-31;27-21-12-13-24(29-17-21)30-26(33)22-7-3-2-6-20(22)16-23(32)18-8-10-19(11-9-18)25(28)31-14-4-1-5-15-31;26-20-11-12-23(28-16-20)29-25(32)21-6-2-1-5-19(21)15-22(31)17-7-9-18(10-8-17)24(27)30-13-3-4-14-30/h4-11,14,16,28H,2-3,12-13,15H2,1H3,(H,29,30,33);2-3,6-13,17,28H,1,4-5,14-16H2,(H,29,30,33);1-2,5-12,16,27H,3-4,13-15H2,(H,28,29,32). The number of likely N-dealkylation sites (tertiary alicyclic amines) is 3. The van der Waals surface area contributed by atoms with Crippen LogP contribution in [0.25, 0.3) is 0 Å². The number of carbonyl (C=O) groups excluding carboxylic acids is 6. The predicted octanol–water partition coefficient (Wildman–Crippen LogP) is 15.2. The van der Waals surface area contributed by atoms with Gasteiger partial charge in [-0.1, -0.05) is 162 Å². The Kier molecular flexibility index (Phi) is 24.3. The summed E-state index contributed by atoms with van der Waals surface area (Å²) in [7, 11) is 0. The van der Waals surface area contributed by atoms with Gasteiger partial charge in [-0.25, -0.2) is 15.0 Å². The maximum Gasteiger partial charge on any atom is 0.257 e. The molecule has 6 N–H and O–H groups in total. The second kappa shape index (κ2) is 33.9. The maximum absolute atomic E-state index is 13.0. The number of anilines is 3. The largest absolute Gasteiger partial charge is 0.357 e. The Morgan fingerprint density at radius 1 is 0.357 bits per heavy atom. The van der Waals surface area contributed by atoms with Crippen molar-refractivity contribution in [1.82, 2.24) is 29.7 Å². The van der Waals surface area contributed by atoms with E-state index in [9.17, 15) is 28.8 Å². The van der Waals surface area contributed by atoms with E-state index in [-0.39, 0.29) is 54.3 Å². The molecule has 3 aromatic heterocycles. The van der Waals surface area contributed by atoms with E-state index in [4.69, 9.17) is 51.0 Å². The summed E-state index contributed by atoms with van der Waals surface area (Å²) in [5.41, 5.74) is 8.20. The first kappa shape index (κ1) is 70.3. The third-order valence-electron chi connectivity index (χ3n) is 17.0. The number of nitrogens with zero attached hydrogens (tertiary/aromatic N) is 6. The first-order valence-electron chi connectivity index (χ1n) is 32.4. The third-order valence-corrected chi connectivity index (χ3v) is 17.6. The molecule has 3 fully saturated rings. The number of ketones is 3. The van der Waals surface area contributed by atoms with Crippen molar-refractivity contribution in [3.8, 4) is 0 Å². The van der Waals surface area contributed by atoms with E-state index in [1.54, 1.807) is 121 Å². The molecule has 3 aliphatic rings. The number of amidine groups is 3. The summed E-state index contributed by atoms with van der Waals surface area (Å²) in [5.74, 6) is 1.41. The minimum atomic E-state index is -0.336. The highest BCUT2D eigenvalue weighted by atomic mass is 35.5. The number of aryl methyl sites for hydroxylation is 1. The van der Waals surface area contributed by atoms with Crippen molar-refractivity contribution in [2.75, 3.05) is 55.2 Å². The second-order valence-corrected chi connectivity index (χ2v) is 25.2. The number of amides is 3. The van der Waals surface area contributed by atoms with Crippen molar-refractivity contribution >= 4 is 105 Å². The Balaban J connectivity index is 0.000000159. The number of rotatable bonds is 18. The van der Waals surface area contributed by atoms with Gasteiger partial charge >= 0.3 is 0 Å². The van der Waals surface area contributed by atoms with Gasteiger partial charge in [-0.3, -0.25) is 45.0 Å². The quantitative estimate of drug-likeness (QED) is 0.0266. The van der Waals surface area contributed by atoms with Crippen LogP contribution in [0.1, 0.15) is 146 Å². The number of nitrogens with one attached hydrogen (secondary N) is 6. The van der Waals surface area contributed by atoms with Gasteiger partial charge in [0.1, 0.15) is 35.0 Å². The zero-order valence-corrected chi connectivity index (χ0v) is 56.3. The van der Waals surface area contributed by atoms with Crippen LogP contribution in [0.15, 0.2) is 195 Å². The minimum Gasteiger partial charge on any atom is -0.357 e.